The van der Waals surface area contributed by atoms with Gasteiger partial charge in [-0.2, -0.15) is 0 Å². The number of anilines is 3. The molecule has 12 rings (SSSR count). The summed E-state index contributed by atoms with van der Waals surface area (Å²) in [6.07, 6.45) is 6.25. The SMILES string of the molecule is CC1(C)c2ccccc2-c2cccc(-c3ccccc3N(c3ccc(-c4cccc5cccc(-c6ccccc6)c45)cc3)c3ccc4c(c3)C3(CCCCC3)c3ccccc3-4)c21. The summed E-state index contributed by atoms with van der Waals surface area (Å²) in [7, 11) is 0. The van der Waals surface area contributed by atoms with Crippen LogP contribution < -0.4 is 4.90 Å². The second-order valence-electron chi connectivity index (χ2n) is 18.3. The predicted molar refractivity (Wildman–Crippen MR) is 262 cm³/mol. The molecule has 0 N–H and O–H groups in total. The number of hydrogen-bond acceptors (Lipinski definition) is 1. The minimum Gasteiger partial charge on any atom is -0.310 e. The van der Waals surface area contributed by atoms with Crippen molar-refractivity contribution in [1.82, 2.24) is 0 Å². The second kappa shape index (κ2) is 14.3. The lowest BCUT2D eigenvalue weighted by molar-refractivity contribution is 0.353. The fourth-order valence-electron chi connectivity index (χ4n) is 11.9. The molecule has 1 spiro atoms. The van der Waals surface area contributed by atoms with Gasteiger partial charge in [-0.25, -0.2) is 0 Å². The smallest absolute Gasteiger partial charge is 0.0540 e. The zero-order chi connectivity index (χ0) is 41.4. The molecule has 0 radical (unpaired) electrons. The van der Waals surface area contributed by atoms with Gasteiger partial charge in [-0.05, 0) is 126 Å². The van der Waals surface area contributed by atoms with Crippen molar-refractivity contribution in [1.29, 1.82) is 0 Å². The first-order valence-electron chi connectivity index (χ1n) is 22.6. The molecule has 9 aromatic rings. The first-order chi connectivity index (χ1) is 30.5. The van der Waals surface area contributed by atoms with E-state index in [-0.39, 0.29) is 10.8 Å². The van der Waals surface area contributed by atoms with Crippen LogP contribution in [-0.4, -0.2) is 0 Å². The highest BCUT2D eigenvalue weighted by Gasteiger charge is 2.44. The Morgan fingerprint density at radius 3 is 1.61 bits per heavy atom. The average molecular weight is 796 g/mol. The van der Waals surface area contributed by atoms with Crippen molar-refractivity contribution in [3.63, 3.8) is 0 Å². The van der Waals surface area contributed by atoms with Crippen molar-refractivity contribution in [2.45, 2.75) is 56.8 Å². The fraction of sp³-hybridized carbons (Fsp3) is 0.148. The van der Waals surface area contributed by atoms with E-state index in [0.717, 1.165) is 5.69 Å². The van der Waals surface area contributed by atoms with E-state index in [1.165, 1.54) is 132 Å². The molecule has 1 nitrogen and oxygen atoms in total. The molecule has 0 bridgehead atoms. The molecule has 3 aliphatic rings. The normalized spacial score (nSPS) is 15.2. The van der Waals surface area contributed by atoms with Gasteiger partial charge in [-0.1, -0.05) is 203 Å². The highest BCUT2D eigenvalue weighted by molar-refractivity contribution is 6.06. The maximum Gasteiger partial charge on any atom is 0.0540 e. The third-order valence-corrected chi connectivity index (χ3v) is 14.7. The average Bonchev–Trinajstić information content (AvgIpc) is 3.73. The summed E-state index contributed by atoms with van der Waals surface area (Å²) in [5.74, 6) is 0. The number of para-hydroxylation sites is 1. The van der Waals surface area contributed by atoms with Crippen LogP contribution in [0.15, 0.2) is 200 Å². The molecular weight excluding hydrogens is 747 g/mol. The van der Waals surface area contributed by atoms with Crippen molar-refractivity contribution in [2.24, 2.45) is 0 Å². The van der Waals surface area contributed by atoms with Crippen molar-refractivity contribution in [3.05, 3.63) is 222 Å². The first-order valence-corrected chi connectivity index (χ1v) is 22.6. The van der Waals surface area contributed by atoms with Gasteiger partial charge in [-0.3, -0.25) is 0 Å². The van der Waals surface area contributed by atoms with Gasteiger partial charge in [-0.15, -0.1) is 0 Å². The molecule has 0 heterocycles. The van der Waals surface area contributed by atoms with Crippen molar-refractivity contribution >= 4 is 27.8 Å². The van der Waals surface area contributed by atoms with Gasteiger partial charge in [0.05, 0.1) is 5.69 Å². The van der Waals surface area contributed by atoms with Crippen LogP contribution in [0.1, 0.15) is 68.2 Å². The van der Waals surface area contributed by atoms with E-state index in [1.807, 2.05) is 0 Å². The molecule has 0 aliphatic heterocycles. The van der Waals surface area contributed by atoms with Crippen LogP contribution in [0.2, 0.25) is 0 Å². The van der Waals surface area contributed by atoms with Crippen molar-refractivity contribution < 1.29 is 0 Å². The Morgan fingerprint density at radius 1 is 0.371 bits per heavy atom. The number of rotatable bonds is 6. The molecule has 9 aromatic carbocycles. The van der Waals surface area contributed by atoms with Crippen molar-refractivity contribution in [3.8, 4) is 55.6 Å². The zero-order valence-corrected chi connectivity index (χ0v) is 35.5. The van der Waals surface area contributed by atoms with Gasteiger partial charge in [0.15, 0.2) is 0 Å². The monoisotopic (exact) mass is 795 g/mol. The Bertz CT molecular complexity index is 3180. The van der Waals surface area contributed by atoms with E-state index >= 15 is 0 Å². The van der Waals surface area contributed by atoms with E-state index in [2.05, 4.69) is 219 Å². The molecule has 0 unspecified atom stereocenters. The Kier molecular flexibility index (Phi) is 8.51. The third-order valence-electron chi connectivity index (χ3n) is 14.7. The molecule has 3 aliphatic carbocycles. The Balaban J connectivity index is 1.06. The topological polar surface area (TPSA) is 3.24 Å². The van der Waals surface area contributed by atoms with Crippen LogP contribution in [0.4, 0.5) is 17.1 Å². The minimum atomic E-state index is -0.147. The first kappa shape index (κ1) is 36.9. The summed E-state index contributed by atoms with van der Waals surface area (Å²) in [5, 5.41) is 2.54. The highest BCUT2D eigenvalue weighted by atomic mass is 15.1. The largest absolute Gasteiger partial charge is 0.310 e. The van der Waals surface area contributed by atoms with Crippen LogP contribution in [0.25, 0.3) is 66.4 Å². The second-order valence-corrected chi connectivity index (χ2v) is 18.3. The van der Waals surface area contributed by atoms with Gasteiger partial charge in [0, 0.05) is 27.8 Å². The summed E-state index contributed by atoms with van der Waals surface area (Å²) in [4.78, 5) is 2.55. The molecule has 0 amide bonds. The van der Waals surface area contributed by atoms with E-state index in [9.17, 15) is 0 Å². The zero-order valence-electron chi connectivity index (χ0n) is 35.5. The fourth-order valence-corrected chi connectivity index (χ4v) is 11.9. The van der Waals surface area contributed by atoms with E-state index in [1.54, 1.807) is 0 Å². The maximum absolute atomic E-state index is 2.57. The molecular formula is C61H49N. The van der Waals surface area contributed by atoms with Gasteiger partial charge >= 0.3 is 0 Å². The molecule has 0 saturated heterocycles. The quantitative estimate of drug-likeness (QED) is 0.162. The van der Waals surface area contributed by atoms with E-state index < -0.39 is 0 Å². The van der Waals surface area contributed by atoms with E-state index in [4.69, 9.17) is 0 Å². The summed E-state index contributed by atoms with van der Waals surface area (Å²) in [6.45, 7) is 4.80. The lowest BCUT2D eigenvalue weighted by atomic mass is 9.68. The lowest BCUT2D eigenvalue weighted by Gasteiger charge is -2.37. The van der Waals surface area contributed by atoms with Crippen LogP contribution in [0.3, 0.4) is 0 Å². The Hall–Kier alpha value is -6.96. The summed E-state index contributed by atoms with van der Waals surface area (Å²) < 4.78 is 0. The lowest BCUT2D eigenvalue weighted by Crippen LogP contribution is -2.28. The number of hydrogen-bond donors (Lipinski definition) is 0. The van der Waals surface area contributed by atoms with E-state index in [0.29, 0.717) is 0 Å². The van der Waals surface area contributed by atoms with Gasteiger partial charge in [0.2, 0.25) is 0 Å². The molecule has 1 fully saturated rings. The predicted octanol–water partition coefficient (Wildman–Crippen LogP) is 16.8. The van der Waals surface area contributed by atoms with Gasteiger partial charge < -0.3 is 4.90 Å². The Morgan fingerprint density at radius 2 is 0.887 bits per heavy atom. The minimum absolute atomic E-state index is 0.0517. The number of fused-ring (bicyclic) bond motifs is 9. The molecule has 0 aromatic heterocycles. The molecule has 1 saturated carbocycles. The summed E-state index contributed by atoms with van der Waals surface area (Å²) >= 11 is 0. The van der Waals surface area contributed by atoms with Crippen molar-refractivity contribution in [2.75, 3.05) is 4.90 Å². The maximum atomic E-state index is 2.57. The number of nitrogens with zero attached hydrogens (tertiary/aromatic N) is 1. The van der Waals surface area contributed by atoms with Crippen LogP contribution in [0, 0.1) is 0 Å². The Labute approximate surface area is 366 Å². The third kappa shape index (κ3) is 5.54. The highest BCUT2D eigenvalue weighted by Crippen LogP contribution is 2.58. The molecule has 1 heteroatoms. The van der Waals surface area contributed by atoms with Gasteiger partial charge in [0.25, 0.3) is 0 Å². The molecule has 0 atom stereocenters. The van der Waals surface area contributed by atoms with Crippen LogP contribution in [0.5, 0.6) is 0 Å². The van der Waals surface area contributed by atoms with Crippen LogP contribution >= 0.6 is 0 Å². The molecule has 298 valence electrons. The summed E-state index contributed by atoms with van der Waals surface area (Å²) in [6, 6.07) is 75.3. The standard InChI is InChI=1S/C61H49N/c1-60(2)54-29-10-7-23-49(54)52-27-17-28-53(59(52)60)51-24-9-12-31-57(51)62(45-36-37-50-48-22-8-11-30-55(48)61(56(50)40-45)38-13-4-14-39-61)44-34-32-42(33-35-44)47-26-16-21-43-20-15-25-46(58(43)47)41-18-5-3-6-19-41/h3,5-12,15-37,40H,4,13-14,38-39H2,1-2H3. The van der Waals surface area contributed by atoms with Gasteiger partial charge in [0.1, 0.15) is 0 Å². The molecule has 62 heavy (non-hydrogen) atoms. The van der Waals surface area contributed by atoms with Crippen LogP contribution in [-0.2, 0) is 10.8 Å². The summed E-state index contributed by atoms with van der Waals surface area (Å²) in [5.41, 5.74) is 22.2. The number of benzene rings is 9.